The highest BCUT2D eigenvalue weighted by atomic mass is 35.5. The molecule has 0 N–H and O–H groups in total. The largest absolute Gasteiger partial charge is 0.368 e. The van der Waals surface area contributed by atoms with E-state index in [1.807, 2.05) is 19.1 Å². The van der Waals surface area contributed by atoms with Gasteiger partial charge in [-0.25, -0.2) is 4.39 Å². The molecule has 1 aliphatic rings. The van der Waals surface area contributed by atoms with Crippen molar-refractivity contribution >= 4 is 28.2 Å². The van der Waals surface area contributed by atoms with Crippen molar-refractivity contribution in [2.24, 2.45) is 0 Å². The van der Waals surface area contributed by atoms with E-state index in [4.69, 9.17) is 11.6 Å². The zero-order chi connectivity index (χ0) is 18.1. The van der Waals surface area contributed by atoms with Crippen LogP contribution in [0.25, 0.3) is 10.9 Å². The molecule has 0 aliphatic carbocycles. The molecule has 1 aliphatic heterocycles. The van der Waals surface area contributed by atoms with Gasteiger partial charge in [-0.2, -0.15) is 0 Å². The van der Waals surface area contributed by atoms with Crippen LogP contribution in [0.3, 0.4) is 0 Å². The number of fused-ring (bicyclic) bond motifs is 1. The topological polar surface area (TPSA) is 32.3 Å². The molecule has 3 heterocycles. The molecule has 6 heteroatoms. The Hall–Kier alpha value is -2.24. The Bertz CT molecular complexity index is 921. The van der Waals surface area contributed by atoms with Crippen LogP contribution in [0.2, 0.25) is 5.02 Å². The van der Waals surface area contributed by atoms with E-state index in [0.717, 1.165) is 60.7 Å². The van der Waals surface area contributed by atoms with E-state index < -0.39 is 0 Å². The van der Waals surface area contributed by atoms with Crippen LogP contribution < -0.4 is 4.90 Å². The first-order valence-corrected chi connectivity index (χ1v) is 9.11. The second-order valence-corrected chi connectivity index (χ2v) is 7.11. The highest BCUT2D eigenvalue weighted by molar-refractivity contribution is 6.30. The van der Waals surface area contributed by atoms with E-state index >= 15 is 0 Å². The lowest BCUT2D eigenvalue weighted by atomic mass is 10.1. The molecule has 0 spiro atoms. The van der Waals surface area contributed by atoms with Gasteiger partial charge in [-0.05, 0) is 43.3 Å². The molecule has 2 aromatic heterocycles. The molecule has 0 atom stereocenters. The summed E-state index contributed by atoms with van der Waals surface area (Å²) in [6.45, 7) is 6.45. The maximum absolute atomic E-state index is 13.7. The molecule has 0 amide bonds. The van der Waals surface area contributed by atoms with Crippen LogP contribution in [0.4, 0.5) is 10.1 Å². The zero-order valence-corrected chi connectivity index (χ0v) is 15.4. The highest BCUT2D eigenvalue weighted by Crippen LogP contribution is 2.28. The summed E-state index contributed by atoms with van der Waals surface area (Å²) in [7, 11) is 0. The first kappa shape index (κ1) is 17.2. The molecule has 3 aromatic rings. The number of anilines is 1. The summed E-state index contributed by atoms with van der Waals surface area (Å²) in [6, 6.07) is 10.7. The number of rotatable bonds is 3. The molecule has 134 valence electrons. The van der Waals surface area contributed by atoms with Crippen molar-refractivity contribution < 1.29 is 4.39 Å². The lowest BCUT2D eigenvalue weighted by Gasteiger charge is -2.36. The maximum Gasteiger partial charge on any atom is 0.124 e. The number of benzene rings is 1. The molecule has 1 saturated heterocycles. The van der Waals surface area contributed by atoms with Gasteiger partial charge in [0.25, 0.3) is 0 Å². The lowest BCUT2D eigenvalue weighted by molar-refractivity contribution is 0.247. The number of piperazine rings is 1. The minimum atomic E-state index is -0.225. The minimum Gasteiger partial charge on any atom is -0.368 e. The third-order valence-corrected chi connectivity index (χ3v) is 4.99. The third kappa shape index (κ3) is 3.64. The van der Waals surface area contributed by atoms with E-state index in [2.05, 4.69) is 25.8 Å². The smallest absolute Gasteiger partial charge is 0.124 e. The summed E-state index contributed by atoms with van der Waals surface area (Å²) >= 11 is 5.90. The zero-order valence-electron chi connectivity index (χ0n) is 14.6. The monoisotopic (exact) mass is 370 g/mol. The van der Waals surface area contributed by atoms with Gasteiger partial charge in [-0.15, -0.1) is 0 Å². The van der Waals surface area contributed by atoms with Crippen molar-refractivity contribution in [2.45, 2.75) is 13.5 Å². The van der Waals surface area contributed by atoms with Crippen molar-refractivity contribution in [3.63, 3.8) is 0 Å². The fraction of sp³-hybridized carbons (Fsp3) is 0.300. The first-order valence-electron chi connectivity index (χ1n) is 8.73. The van der Waals surface area contributed by atoms with E-state index in [-0.39, 0.29) is 5.82 Å². The Morgan fingerprint density at radius 1 is 1.08 bits per heavy atom. The van der Waals surface area contributed by atoms with Crippen LogP contribution in [-0.2, 0) is 6.54 Å². The van der Waals surface area contributed by atoms with E-state index in [1.165, 1.54) is 6.07 Å². The standard InChI is InChI=1S/C20H20ClFN4/c1-14-10-20(18-11-16(22)3-5-19(18)24-14)26-8-6-25(7-9-26)13-17-4-2-15(21)12-23-17/h2-5,10-12H,6-9,13H2,1H3. The molecule has 0 saturated carbocycles. The SMILES string of the molecule is Cc1cc(N2CCN(Cc3ccc(Cl)cn3)CC2)c2cc(F)ccc2n1. The van der Waals surface area contributed by atoms with Gasteiger partial charge in [0.1, 0.15) is 5.82 Å². The van der Waals surface area contributed by atoms with Crippen LogP contribution in [-0.4, -0.2) is 41.0 Å². The first-order chi connectivity index (χ1) is 12.6. The van der Waals surface area contributed by atoms with Crippen LogP contribution in [0, 0.1) is 12.7 Å². The summed E-state index contributed by atoms with van der Waals surface area (Å²) in [5.74, 6) is -0.225. The molecule has 4 nitrogen and oxygen atoms in total. The summed E-state index contributed by atoms with van der Waals surface area (Å²) in [6.07, 6.45) is 1.69. The van der Waals surface area contributed by atoms with Gasteiger partial charge < -0.3 is 4.90 Å². The second-order valence-electron chi connectivity index (χ2n) is 6.68. The Kier molecular flexibility index (Phi) is 4.74. The summed E-state index contributed by atoms with van der Waals surface area (Å²) in [5, 5.41) is 1.54. The fourth-order valence-electron chi connectivity index (χ4n) is 3.45. The van der Waals surface area contributed by atoms with Crippen LogP contribution >= 0.6 is 11.6 Å². The van der Waals surface area contributed by atoms with Gasteiger partial charge in [0.2, 0.25) is 0 Å². The average molecular weight is 371 g/mol. The molecule has 26 heavy (non-hydrogen) atoms. The second kappa shape index (κ2) is 7.17. The van der Waals surface area contributed by atoms with Gasteiger partial charge in [0, 0.05) is 55.7 Å². The van der Waals surface area contributed by atoms with Crippen molar-refractivity contribution in [2.75, 3.05) is 31.1 Å². The van der Waals surface area contributed by atoms with E-state index in [9.17, 15) is 4.39 Å². The molecular weight excluding hydrogens is 351 g/mol. The van der Waals surface area contributed by atoms with Crippen LogP contribution in [0.5, 0.6) is 0 Å². The van der Waals surface area contributed by atoms with Crippen molar-refractivity contribution in [3.05, 3.63) is 64.8 Å². The number of pyridine rings is 2. The number of aryl methyl sites for hydroxylation is 1. The van der Waals surface area contributed by atoms with E-state index in [1.54, 1.807) is 18.3 Å². The molecule has 0 unspecified atom stereocenters. The predicted molar refractivity (Wildman–Crippen MR) is 103 cm³/mol. The quantitative estimate of drug-likeness (QED) is 0.696. The lowest BCUT2D eigenvalue weighted by Crippen LogP contribution is -2.46. The van der Waals surface area contributed by atoms with Crippen molar-refractivity contribution in [1.29, 1.82) is 0 Å². The summed E-state index contributed by atoms with van der Waals surface area (Å²) in [4.78, 5) is 13.6. The third-order valence-electron chi connectivity index (χ3n) is 4.76. The van der Waals surface area contributed by atoms with Crippen LogP contribution in [0.15, 0.2) is 42.6 Å². The Morgan fingerprint density at radius 2 is 1.88 bits per heavy atom. The Balaban J connectivity index is 1.50. The Labute approximate surface area is 157 Å². The number of hydrogen-bond donors (Lipinski definition) is 0. The number of halogens is 2. The van der Waals surface area contributed by atoms with Crippen molar-refractivity contribution in [1.82, 2.24) is 14.9 Å². The molecule has 1 fully saturated rings. The predicted octanol–water partition coefficient (Wildman–Crippen LogP) is 4.05. The normalized spacial score (nSPS) is 15.6. The summed E-state index contributed by atoms with van der Waals surface area (Å²) < 4.78 is 13.7. The van der Waals surface area contributed by atoms with Gasteiger partial charge in [-0.1, -0.05) is 11.6 Å². The molecule has 0 bridgehead atoms. The average Bonchev–Trinajstić information content (AvgIpc) is 2.64. The van der Waals surface area contributed by atoms with E-state index in [0.29, 0.717) is 5.02 Å². The molecular formula is C20H20ClFN4. The summed E-state index contributed by atoms with van der Waals surface area (Å²) in [5.41, 5.74) is 3.88. The maximum atomic E-state index is 13.7. The van der Waals surface area contributed by atoms with Crippen LogP contribution in [0.1, 0.15) is 11.4 Å². The number of nitrogens with zero attached hydrogens (tertiary/aromatic N) is 4. The Morgan fingerprint density at radius 3 is 2.62 bits per heavy atom. The van der Waals surface area contributed by atoms with Gasteiger partial charge in [-0.3, -0.25) is 14.9 Å². The van der Waals surface area contributed by atoms with Gasteiger partial charge in [0.15, 0.2) is 0 Å². The minimum absolute atomic E-state index is 0.225. The van der Waals surface area contributed by atoms with Gasteiger partial charge in [0.05, 0.1) is 16.2 Å². The fourth-order valence-corrected chi connectivity index (χ4v) is 3.56. The number of aromatic nitrogens is 2. The number of hydrogen-bond acceptors (Lipinski definition) is 4. The molecule has 4 rings (SSSR count). The van der Waals surface area contributed by atoms with Crippen molar-refractivity contribution in [3.8, 4) is 0 Å². The molecule has 0 radical (unpaired) electrons. The molecule has 1 aromatic carbocycles. The van der Waals surface area contributed by atoms with Gasteiger partial charge >= 0.3 is 0 Å². The highest BCUT2D eigenvalue weighted by Gasteiger charge is 2.20.